The van der Waals surface area contributed by atoms with E-state index in [0.29, 0.717) is 5.56 Å². The van der Waals surface area contributed by atoms with E-state index in [2.05, 4.69) is 0 Å². The van der Waals surface area contributed by atoms with E-state index >= 15 is 0 Å². The Hall–Kier alpha value is -2.82. The second-order valence-corrected chi connectivity index (χ2v) is 4.26. The van der Waals surface area contributed by atoms with Gasteiger partial charge in [-0.15, -0.1) is 0 Å². The first-order valence-corrected chi connectivity index (χ1v) is 5.95. The number of aliphatic hydroxyl groups excluding tert-OH is 1. The van der Waals surface area contributed by atoms with E-state index in [9.17, 15) is 14.7 Å². The van der Waals surface area contributed by atoms with Gasteiger partial charge in [-0.3, -0.25) is 4.79 Å². The van der Waals surface area contributed by atoms with E-state index in [4.69, 9.17) is 9.15 Å². The van der Waals surface area contributed by atoms with Crippen molar-refractivity contribution >= 4 is 17.5 Å². The first-order valence-electron chi connectivity index (χ1n) is 5.95. The minimum atomic E-state index is -0.980. The van der Waals surface area contributed by atoms with Gasteiger partial charge in [-0.25, -0.2) is 4.79 Å². The maximum absolute atomic E-state index is 11.9. The Morgan fingerprint density at radius 1 is 1.05 bits per heavy atom. The first-order chi connectivity index (χ1) is 9.68. The molecule has 1 aromatic carbocycles. The molecule has 1 aliphatic rings. The van der Waals surface area contributed by atoms with E-state index in [1.807, 2.05) is 0 Å². The number of hydrogen-bond acceptors (Lipinski definition) is 5. The summed E-state index contributed by atoms with van der Waals surface area (Å²) in [5.74, 6) is -2.09. The number of rotatable bonds is 2. The molecule has 0 spiro atoms. The Balaban J connectivity index is 2.13. The molecule has 0 aliphatic carbocycles. The molecule has 2 heterocycles. The normalized spacial score (nSPS) is 20.9. The van der Waals surface area contributed by atoms with Crippen LogP contribution in [0.25, 0.3) is 5.76 Å². The van der Waals surface area contributed by atoms with Crippen molar-refractivity contribution in [1.82, 2.24) is 0 Å². The molecule has 2 aromatic rings. The molecule has 0 bridgehead atoms. The van der Waals surface area contributed by atoms with E-state index in [1.165, 1.54) is 12.3 Å². The predicted octanol–water partition coefficient (Wildman–Crippen LogP) is 2.42. The number of Topliss-reactive ketones (excluding diaryl/α,β-unsaturated/α-hetero) is 1. The topological polar surface area (TPSA) is 76.7 Å². The molecule has 20 heavy (non-hydrogen) atoms. The van der Waals surface area contributed by atoms with Gasteiger partial charge in [0, 0.05) is 0 Å². The smallest absolute Gasteiger partial charge is 0.380 e. The van der Waals surface area contributed by atoms with Gasteiger partial charge in [0.05, 0.1) is 11.8 Å². The van der Waals surface area contributed by atoms with E-state index in [1.54, 1.807) is 36.4 Å². The molecular formula is C15H10O5. The molecule has 1 atom stereocenters. The summed E-state index contributed by atoms with van der Waals surface area (Å²) in [7, 11) is 0. The Kier molecular flexibility index (Phi) is 2.87. The van der Waals surface area contributed by atoms with Crippen molar-refractivity contribution in [1.29, 1.82) is 0 Å². The highest BCUT2D eigenvalue weighted by molar-refractivity contribution is 6.44. The van der Waals surface area contributed by atoms with Crippen LogP contribution in [0.1, 0.15) is 17.4 Å². The highest BCUT2D eigenvalue weighted by Crippen LogP contribution is 2.36. The third-order valence-electron chi connectivity index (χ3n) is 3.03. The van der Waals surface area contributed by atoms with Gasteiger partial charge in [0.1, 0.15) is 0 Å². The zero-order valence-corrected chi connectivity index (χ0v) is 10.3. The van der Waals surface area contributed by atoms with Crippen LogP contribution in [0.4, 0.5) is 0 Å². The lowest BCUT2D eigenvalue weighted by Gasteiger charge is -2.11. The summed E-state index contributed by atoms with van der Waals surface area (Å²) in [6.07, 6.45) is 0.451. The van der Waals surface area contributed by atoms with Gasteiger partial charge in [-0.1, -0.05) is 30.3 Å². The van der Waals surface area contributed by atoms with Crippen molar-refractivity contribution < 1.29 is 23.8 Å². The van der Waals surface area contributed by atoms with Gasteiger partial charge in [0.25, 0.3) is 5.78 Å². The Labute approximate surface area is 114 Å². The van der Waals surface area contributed by atoms with Crippen molar-refractivity contribution in [2.75, 3.05) is 0 Å². The lowest BCUT2D eigenvalue weighted by Crippen LogP contribution is -2.08. The fraction of sp³-hybridized carbons (Fsp3) is 0.0667. The maximum Gasteiger partial charge on any atom is 0.380 e. The highest BCUT2D eigenvalue weighted by atomic mass is 16.6. The minimum absolute atomic E-state index is 0.101. The van der Waals surface area contributed by atoms with Crippen LogP contribution in [0.5, 0.6) is 0 Å². The average Bonchev–Trinajstić information content (AvgIpc) is 3.09. The summed E-state index contributed by atoms with van der Waals surface area (Å²) in [5.41, 5.74) is 0.510. The first kappa shape index (κ1) is 12.2. The summed E-state index contributed by atoms with van der Waals surface area (Å²) < 4.78 is 10.1. The molecule has 0 saturated carbocycles. The van der Waals surface area contributed by atoms with Gasteiger partial charge >= 0.3 is 5.97 Å². The van der Waals surface area contributed by atoms with Gasteiger partial charge in [0.2, 0.25) is 0 Å². The van der Waals surface area contributed by atoms with Crippen LogP contribution in [0, 0.1) is 0 Å². The summed E-state index contributed by atoms with van der Waals surface area (Å²) in [4.78, 5) is 23.4. The molecular weight excluding hydrogens is 260 g/mol. The molecule has 1 fully saturated rings. The molecule has 3 rings (SSSR count). The van der Waals surface area contributed by atoms with Crippen molar-refractivity contribution in [3.63, 3.8) is 0 Å². The monoisotopic (exact) mass is 270 g/mol. The van der Waals surface area contributed by atoms with Gasteiger partial charge in [-0.2, -0.15) is 0 Å². The molecule has 0 amide bonds. The number of benzene rings is 1. The lowest BCUT2D eigenvalue weighted by atomic mass is 9.98. The number of ketones is 1. The third-order valence-corrected chi connectivity index (χ3v) is 3.03. The van der Waals surface area contributed by atoms with E-state index < -0.39 is 17.9 Å². The van der Waals surface area contributed by atoms with Crippen LogP contribution < -0.4 is 0 Å². The molecule has 1 N–H and O–H groups in total. The zero-order chi connectivity index (χ0) is 14.1. The number of esters is 1. The SMILES string of the molecule is O=C1OC(c2ccccc2)C(=C(O)c2ccco2)C1=O. The molecule has 1 unspecified atom stereocenters. The quantitative estimate of drug-likeness (QED) is 0.392. The van der Waals surface area contributed by atoms with Crippen LogP contribution in [0.2, 0.25) is 0 Å². The Morgan fingerprint density at radius 2 is 1.80 bits per heavy atom. The number of furan rings is 1. The highest BCUT2D eigenvalue weighted by Gasteiger charge is 2.42. The fourth-order valence-corrected chi connectivity index (χ4v) is 2.09. The van der Waals surface area contributed by atoms with Crippen LogP contribution in [0.15, 0.2) is 58.7 Å². The number of cyclic esters (lactones) is 1. The Morgan fingerprint density at radius 3 is 2.45 bits per heavy atom. The molecule has 0 radical (unpaired) electrons. The van der Waals surface area contributed by atoms with Crippen LogP contribution in [0.3, 0.4) is 0 Å². The molecule has 5 heteroatoms. The van der Waals surface area contributed by atoms with E-state index in [0.717, 1.165) is 0 Å². The Bertz CT molecular complexity index is 682. The van der Waals surface area contributed by atoms with E-state index in [-0.39, 0.29) is 17.1 Å². The van der Waals surface area contributed by atoms with Crippen molar-refractivity contribution in [2.45, 2.75) is 6.10 Å². The van der Waals surface area contributed by atoms with Gasteiger partial charge in [-0.05, 0) is 17.7 Å². The number of hydrogen-bond donors (Lipinski definition) is 1. The van der Waals surface area contributed by atoms with Crippen LogP contribution in [-0.4, -0.2) is 16.9 Å². The largest absolute Gasteiger partial charge is 0.504 e. The number of carbonyl (C=O) groups is 2. The van der Waals surface area contributed by atoms with Crippen molar-refractivity contribution in [3.05, 3.63) is 65.6 Å². The summed E-state index contributed by atoms with van der Waals surface area (Å²) in [5, 5.41) is 10.2. The zero-order valence-electron chi connectivity index (χ0n) is 10.3. The van der Waals surface area contributed by atoms with Crippen LogP contribution >= 0.6 is 0 Å². The predicted molar refractivity (Wildman–Crippen MR) is 68.5 cm³/mol. The minimum Gasteiger partial charge on any atom is -0.504 e. The third kappa shape index (κ3) is 1.89. The maximum atomic E-state index is 11.9. The average molecular weight is 270 g/mol. The van der Waals surface area contributed by atoms with Gasteiger partial charge < -0.3 is 14.3 Å². The number of ether oxygens (including phenoxy) is 1. The van der Waals surface area contributed by atoms with Crippen LogP contribution in [-0.2, 0) is 14.3 Å². The molecule has 5 nitrogen and oxygen atoms in total. The molecule has 1 saturated heterocycles. The molecule has 100 valence electrons. The van der Waals surface area contributed by atoms with Crippen molar-refractivity contribution in [3.8, 4) is 0 Å². The molecule has 1 aromatic heterocycles. The second-order valence-electron chi connectivity index (χ2n) is 4.26. The van der Waals surface area contributed by atoms with Crippen molar-refractivity contribution in [2.24, 2.45) is 0 Å². The summed E-state index contributed by atoms with van der Waals surface area (Å²) in [6.45, 7) is 0. The number of aliphatic hydroxyl groups is 1. The lowest BCUT2D eigenvalue weighted by molar-refractivity contribution is -0.149. The fourth-order valence-electron chi connectivity index (χ4n) is 2.09. The van der Waals surface area contributed by atoms with Gasteiger partial charge in [0.15, 0.2) is 17.6 Å². The summed E-state index contributed by atoms with van der Waals surface area (Å²) >= 11 is 0. The standard InChI is InChI=1S/C15H10O5/c16-12(10-7-4-8-19-10)11-13(17)15(18)20-14(11)9-5-2-1-3-6-9/h1-8,14,16H. The molecule has 1 aliphatic heterocycles. The summed E-state index contributed by atoms with van der Waals surface area (Å²) in [6, 6.07) is 11.8. The second kappa shape index (κ2) is 4.70. The number of carbonyl (C=O) groups excluding carboxylic acids is 2.